The molecule has 0 saturated carbocycles. The third-order valence-corrected chi connectivity index (χ3v) is 5.89. The number of aryl methyl sites for hydroxylation is 2. The number of alkyl halides is 3. The van der Waals surface area contributed by atoms with Gasteiger partial charge in [-0.05, 0) is 36.8 Å². The smallest absolute Gasteiger partial charge is 0.475 e. The highest BCUT2D eigenvalue weighted by Crippen LogP contribution is 2.29. The van der Waals surface area contributed by atoms with Gasteiger partial charge in [-0.3, -0.25) is 4.98 Å². The number of carboxylic acids is 1. The van der Waals surface area contributed by atoms with Gasteiger partial charge in [0, 0.05) is 38.1 Å². The average Bonchev–Trinajstić information content (AvgIpc) is 3.50. The number of carbonyl (C=O) groups is 1. The molecule has 0 radical (unpaired) electrons. The minimum Gasteiger partial charge on any atom is -0.475 e. The number of halogens is 3. The molecule has 1 saturated heterocycles. The molecular weight excluding hydrogens is 519 g/mol. The summed E-state index contributed by atoms with van der Waals surface area (Å²) >= 11 is 0. The number of fused-ring (bicyclic) bond motifs is 2. The molecule has 4 aromatic heterocycles. The molecule has 202 valence electrons. The van der Waals surface area contributed by atoms with Crippen LogP contribution in [0.25, 0.3) is 39.5 Å². The van der Waals surface area contributed by atoms with Crippen molar-refractivity contribution >= 4 is 34.0 Å². The number of aliphatic carboxylic acids is 1. The monoisotopic (exact) mass is 541 g/mol. The summed E-state index contributed by atoms with van der Waals surface area (Å²) in [5.74, 6) is -0.774. The Morgan fingerprint density at radius 1 is 1.00 bits per heavy atom. The first-order valence-corrected chi connectivity index (χ1v) is 11.7. The minimum atomic E-state index is -5.08. The molecule has 39 heavy (non-hydrogen) atoms. The van der Waals surface area contributed by atoms with Crippen LogP contribution in [0, 0.1) is 6.92 Å². The molecule has 1 aliphatic rings. The fourth-order valence-corrected chi connectivity index (χ4v) is 3.99. The molecule has 15 heteroatoms. The average molecular weight is 541 g/mol. The van der Waals surface area contributed by atoms with E-state index in [1.807, 2.05) is 48.9 Å². The second kappa shape index (κ2) is 10.2. The predicted molar refractivity (Wildman–Crippen MR) is 133 cm³/mol. The SMILES string of the molecule is Cc1ccc2nn(-c3nc(N4CCOCC4)c4nc(-c5ccncc5)n(C)c4n3)nc2c1.O=C(O)C(F)(F)F. The highest BCUT2D eigenvalue weighted by Gasteiger charge is 2.38. The standard InChI is InChI=1S/C22H21N9O.C2HF3O2/c1-14-3-4-16-17(13-14)28-31(27-16)22-25-20-18(21(26-22)30-9-11-32-12-10-30)24-19(29(20)2)15-5-7-23-8-6-15;3-2(4,5)1(6)7/h3-8,13H,9-12H2,1-2H3;(H,6,7). The van der Waals surface area contributed by atoms with Crippen LogP contribution in [0.5, 0.6) is 0 Å². The molecule has 0 spiro atoms. The lowest BCUT2D eigenvalue weighted by molar-refractivity contribution is -0.192. The fourth-order valence-electron chi connectivity index (χ4n) is 3.99. The molecule has 1 N–H and O–H groups in total. The van der Waals surface area contributed by atoms with Crippen molar-refractivity contribution in [2.75, 3.05) is 31.2 Å². The summed E-state index contributed by atoms with van der Waals surface area (Å²) in [5, 5.41) is 16.4. The van der Waals surface area contributed by atoms with E-state index >= 15 is 0 Å². The molecule has 1 aliphatic heterocycles. The predicted octanol–water partition coefficient (Wildman–Crippen LogP) is 2.94. The van der Waals surface area contributed by atoms with Gasteiger partial charge in [0.15, 0.2) is 17.0 Å². The molecule has 6 rings (SSSR count). The van der Waals surface area contributed by atoms with Crippen molar-refractivity contribution in [1.82, 2.24) is 39.5 Å². The molecule has 0 bridgehead atoms. The van der Waals surface area contributed by atoms with E-state index in [2.05, 4.69) is 20.1 Å². The first-order chi connectivity index (χ1) is 18.6. The summed E-state index contributed by atoms with van der Waals surface area (Å²) in [6.07, 6.45) is -1.56. The largest absolute Gasteiger partial charge is 0.490 e. The van der Waals surface area contributed by atoms with E-state index in [-0.39, 0.29) is 0 Å². The second-order valence-corrected chi connectivity index (χ2v) is 8.63. The molecular formula is C24H22F3N9O3. The normalized spacial score (nSPS) is 13.9. The lowest BCUT2D eigenvalue weighted by Gasteiger charge is -2.27. The second-order valence-electron chi connectivity index (χ2n) is 8.63. The number of hydrogen-bond donors (Lipinski definition) is 1. The van der Waals surface area contributed by atoms with Gasteiger partial charge in [-0.25, -0.2) is 9.78 Å². The van der Waals surface area contributed by atoms with Gasteiger partial charge < -0.3 is 19.3 Å². The zero-order valence-corrected chi connectivity index (χ0v) is 20.8. The van der Waals surface area contributed by atoms with E-state index in [0.29, 0.717) is 19.2 Å². The molecule has 1 aromatic carbocycles. The number of anilines is 1. The first kappa shape index (κ1) is 26.0. The zero-order valence-electron chi connectivity index (χ0n) is 20.8. The van der Waals surface area contributed by atoms with Gasteiger partial charge in [0.05, 0.1) is 13.2 Å². The maximum absolute atomic E-state index is 10.6. The van der Waals surface area contributed by atoms with Crippen LogP contribution < -0.4 is 4.90 Å². The number of nitrogens with zero attached hydrogens (tertiary/aromatic N) is 9. The third kappa shape index (κ3) is 5.34. The molecule has 0 amide bonds. The summed E-state index contributed by atoms with van der Waals surface area (Å²) < 4.78 is 39.3. The molecule has 0 atom stereocenters. The van der Waals surface area contributed by atoms with E-state index in [9.17, 15) is 13.2 Å². The van der Waals surface area contributed by atoms with Crippen molar-refractivity contribution in [1.29, 1.82) is 0 Å². The lowest BCUT2D eigenvalue weighted by atomic mass is 10.2. The Hall–Kier alpha value is -4.66. The Bertz CT molecular complexity index is 1650. The van der Waals surface area contributed by atoms with Crippen LogP contribution in [0.3, 0.4) is 0 Å². The van der Waals surface area contributed by atoms with Crippen molar-refractivity contribution in [3.8, 4) is 17.3 Å². The highest BCUT2D eigenvalue weighted by molar-refractivity contribution is 5.87. The van der Waals surface area contributed by atoms with E-state index in [0.717, 1.165) is 58.1 Å². The molecule has 12 nitrogen and oxygen atoms in total. The molecule has 0 unspecified atom stereocenters. The van der Waals surface area contributed by atoms with Crippen LogP contribution in [-0.4, -0.2) is 83.1 Å². The number of carboxylic acid groups (broad SMARTS) is 1. The number of hydrogen-bond acceptors (Lipinski definition) is 9. The summed E-state index contributed by atoms with van der Waals surface area (Å²) in [5.41, 5.74) is 5.18. The Labute approximate surface area is 218 Å². The van der Waals surface area contributed by atoms with Crippen LogP contribution in [0.4, 0.5) is 19.0 Å². The van der Waals surface area contributed by atoms with Crippen LogP contribution in [0.15, 0.2) is 42.7 Å². The van der Waals surface area contributed by atoms with E-state index in [1.165, 1.54) is 4.80 Å². The Morgan fingerprint density at radius 2 is 1.67 bits per heavy atom. The molecule has 0 aliphatic carbocycles. The quantitative estimate of drug-likeness (QED) is 0.363. The van der Waals surface area contributed by atoms with Gasteiger partial charge in [0.25, 0.3) is 5.95 Å². The van der Waals surface area contributed by atoms with Gasteiger partial charge >= 0.3 is 12.1 Å². The first-order valence-electron chi connectivity index (χ1n) is 11.7. The van der Waals surface area contributed by atoms with E-state index in [1.54, 1.807) is 12.4 Å². The molecule has 1 fully saturated rings. The minimum absolute atomic E-state index is 0.414. The van der Waals surface area contributed by atoms with Crippen LogP contribution in [0.2, 0.25) is 0 Å². The topological polar surface area (TPSA) is 137 Å². The number of aromatic nitrogens is 8. The van der Waals surface area contributed by atoms with Crippen LogP contribution in [-0.2, 0) is 16.6 Å². The van der Waals surface area contributed by atoms with E-state index < -0.39 is 12.1 Å². The summed E-state index contributed by atoms with van der Waals surface area (Å²) in [6.45, 7) is 4.80. The molecule has 5 heterocycles. The van der Waals surface area contributed by atoms with Crippen molar-refractivity contribution < 1.29 is 27.8 Å². The highest BCUT2D eigenvalue weighted by atomic mass is 19.4. The number of pyridine rings is 1. The van der Waals surface area contributed by atoms with Gasteiger partial charge in [-0.2, -0.15) is 23.1 Å². The zero-order chi connectivity index (χ0) is 27.7. The van der Waals surface area contributed by atoms with E-state index in [4.69, 9.17) is 29.6 Å². The number of ether oxygens (including phenoxy) is 1. The number of imidazole rings is 1. The molecule has 5 aromatic rings. The van der Waals surface area contributed by atoms with Gasteiger partial charge in [-0.1, -0.05) is 6.07 Å². The maximum atomic E-state index is 10.6. The Morgan fingerprint density at radius 3 is 2.33 bits per heavy atom. The summed E-state index contributed by atoms with van der Waals surface area (Å²) in [7, 11) is 1.96. The van der Waals surface area contributed by atoms with Crippen LogP contribution in [0.1, 0.15) is 5.56 Å². The number of rotatable bonds is 3. The number of benzene rings is 1. The summed E-state index contributed by atoms with van der Waals surface area (Å²) in [4.78, 5) is 31.3. The van der Waals surface area contributed by atoms with Crippen molar-refractivity contribution in [3.05, 3.63) is 48.3 Å². The fraction of sp³-hybridized carbons (Fsp3) is 0.292. The Balaban J connectivity index is 0.000000392. The summed E-state index contributed by atoms with van der Waals surface area (Å²) in [6, 6.07) is 9.86. The Kier molecular flexibility index (Phi) is 6.82. The lowest BCUT2D eigenvalue weighted by Crippen LogP contribution is -2.37. The number of morpholine rings is 1. The van der Waals surface area contributed by atoms with Crippen LogP contribution >= 0.6 is 0 Å². The van der Waals surface area contributed by atoms with Gasteiger partial charge in [-0.15, -0.1) is 15.0 Å². The van der Waals surface area contributed by atoms with Crippen molar-refractivity contribution in [3.63, 3.8) is 0 Å². The third-order valence-electron chi connectivity index (χ3n) is 5.89. The van der Waals surface area contributed by atoms with Gasteiger partial charge in [0.2, 0.25) is 0 Å². The van der Waals surface area contributed by atoms with Gasteiger partial charge in [0.1, 0.15) is 16.9 Å². The van der Waals surface area contributed by atoms with Crippen molar-refractivity contribution in [2.45, 2.75) is 13.1 Å². The van der Waals surface area contributed by atoms with Crippen molar-refractivity contribution in [2.24, 2.45) is 7.05 Å². The maximum Gasteiger partial charge on any atom is 0.490 e.